The standard InChI is InChI=1S/C11H14N2O3/c1-15-11(2-4-16-5-3-11)10(14)9-6-12-8-13-7-9/h6-8H,2-5H2,1H3. The Morgan fingerprint density at radius 3 is 2.56 bits per heavy atom. The van der Waals surface area contributed by atoms with Crippen LogP contribution in [0.1, 0.15) is 23.2 Å². The molecule has 0 amide bonds. The van der Waals surface area contributed by atoms with Gasteiger partial charge in [-0.15, -0.1) is 0 Å². The largest absolute Gasteiger partial charge is 0.381 e. The van der Waals surface area contributed by atoms with Crippen molar-refractivity contribution in [1.82, 2.24) is 9.97 Å². The summed E-state index contributed by atoms with van der Waals surface area (Å²) in [7, 11) is 1.56. The van der Waals surface area contributed by atoms with Crippen LogP contribution in [0.5, 0.6) is 0 Å². The number of carbonyl (C=O) groups is 1. The van der Waals surface area contributed by atoms with E-state index in [2.05, 4.69) is 9.97 Å². The summed E-state index contributed by atoms with van der Waals surface area (Å²) in [6, 6.07) is 0. The number of aromatic nitrogens is 2. The Labute approximate surface area is 93.8 Å². The van der Waals surface area contributed by atoms with Gasteiger partial charge >= 0.3 is 0 Å². The molecule has 0 aliphatic carbocycles. The normalized spacial score (nSPS) is 19.3. The van der Waals surface area contributed by atoms with Crippen molar-refractivity contribution in [2.75, 3.05) is 20.3 Å². The van der Waals surface area contributed by atoms with Crippen LogP contribution >= 0.6 is 0 Å². The smallest absolute Gasteiger partial charge is 0.197 e. The lowest BCUT2D eigenvalue weighted by Gasteiger charge is -2.34. The molecule has 0 saturated carbocycles. The van der Waals surface area contributed by atoms with E-state index in [-0.39, 0.29) is 5.78 Å². The molecule has 2 heterocycles. The summed E-state index contributed by atoms with van der Waals surface area (Å²) >= 11 is 0. The second kappa shape index (κ2) is 4.67. The first-order valence-electron chi connectivity index (χ1n) is 5.21. The zero-order chi connectivity index (χ0) is 11.4. The number of hydrogen-bond acceptors (Lipinski definition) is 5. The van der Waals surface area contributed by atoms with Gasteiger partial charge < -0.3 is 9.47 Å². The lowest BCUT2D eigenvalue weighted by Crippen LogP contribution is -2.45. The first kappa shape index (κ1) is 11.2. The molecule has 0 unspecified atom stereocenters. The van der Waals surface area contributed by atoms with E-state index in [1.54, 1.807) is 7.11 Å². The predicted molar refractivity (Wildman–Crippen MR) is 56.2 cm³/mol. The van der Waals surface area contributed by atoms with Gasteiger partial charge in [0.2, 0.25) is 0 Å². The number of ketones is 1. The number of nitrogens with zero attached hydrogens (tertiary/aromatic N) is 2. The van der Waals surface area contributed by atoms with Crippen LogP contribution in [0.4, 0.5) is 0 Å². The third kappa shape index (κ3) is 1.96. The molecule has 1 fully saturated rings. The molecule has 5 nitrogen and oxygen atoms in total. The Hall–Kier alpha value is -1.33. The van der Waals surface area contributed by atoms with Crippen molar-refractivity contribution < 1.29 is 14.3 Å². The minimum atomic E-state index is -0.761. The maximum atomic E-state index is 12.3. The molecule has 0 spiro atoms. The average molecular weight is 222 g/mol. The lowest BCUT2D eigenvalue weighted by molar-refractivity contribution is -0.0663. The summed E-state index contributed by atoms with van der Waals surface area (Å²) in [5, 5.41) is 0. The summed E-state index contributed by atoms with van der Waals surface area (Å²) in [4.78, 5) is 20.0. The van der Waals surface area contributed by atoms with Crippen LogP contribution < -0.4 is 0 Å². The molecule has 1 aliphatic rings. The van der Waals surface area contributed by atoms with Crippen molar-refractivity contribution in [3.05, 3.63) is 24.3 Å². The minimum absolute atomic E-state index is 0.0566. The molecular formula is C11H14N2O3. The van der Waals surface area contributed by atoms with E-state index < -0.39 is 5.60 Å². The molecule has 0 radical (unpaired) electrons. The van der Waals surface area contributed by atoms with Crippen LogP contribution in [-0.4, -0.2) is 41.7 Å². The van der Waals surface area contributed by atoms with Gasteiger partial charge in [0.15, 0.2) is 5.78 Å². The van der Waals surface area contributed by atoms with Crippen LogP contribution in [0, 0.1) is 0 Å². The molecular weight excluding hydrogens is 208 g/mol. The molecule has 1 aliphatic heterocycles. The van der Waals surface area contributed by atoms with Crippen LogP contribution in [0.2, 0.25) is 0 Å². The van der Waals surface area contributed by atoms with Gasteiger partial charge in [-0.25, -0.2) is 9.97 Å². The average Bonchev–Trinajstić information content (AvgIpc) is 2.39. The highest BCUT2D eigenvalue weighted by atomic mass is 16.5. The molecule has 16 heavy (non-hydrogen) atoms. The maximum Gasteiger partial charge on any atom is 0.197 e. The molecule has 0 N–H and O–H groups in total. The van der Waals surface area contributed by atoms with E-state index >= 15 is 0 Å². The van der Waals surface area contributed by atoms with Crippen molar-refractivity contribution in [2.24, 2.45) is 0 Å². The summed E-state index contributed by atoms with van der Waals surface area (Å²) in [6.07, 6.45) is 5.60. The zero-order valence-corrected chi connectivity index (χ0v) is 9.18. The Morgan fingerprint density at radius 1 is 1.38 bits per heavy atom. The number of ether oxygens (including phenoxy) is 2. The fourth-order valence-corrected chi connectivity index (χ4v) is 1.90. The molecule has 0 aromatic carbocycles. The van der Waals surface area contributed by atoms with Crippen molar-refractivity contribution >= 4 is 5.78 Å². The molecule has 0 atom stereocenters. The fourth-order valence-electron chi connectivity index (χ4n) is 1.90. The monoisotopic (exact) mass is 222 g/mol. The zero-order valence-electron chi connectivity index (χ0n) is 9.18. The summed E-state index contributed by atoms with van der Waals surface area (Å²) in [6.45, 7) is 1.10. The van der Waals surface area contributed by atoms with Crippen LogP contribution in [0.25, 0.3) is 0 Å². The highest BCUT2D eigenvalue weighted by Gasteiger charge is 2.40. The maximum absolute atomic E-state index is 12.3. The number of rotatable bonds is 3. The number of hydrogen-bond donors (Lipinski definition) is 0. The summed E-state index contributed by atoms with van der Waals surface area (Å²) in [5.41, 5.74) is -0.269. The van der Waals surface area contributed by atoms with Crippen LogP contribution in [0.3, 0.4) is 0 Å². The third-order valence-corrected chi connectivity index (χ3v) is 2.93. The van der Waals surface area contributed by atoms with E-state index in [0.717, 1.165) is 0 Å². The van der Waals surface area contributed by atoms with E-state index in [1.807, 2.05) is 0 Å². The molecule has 0 bridgehead atoms. The van der Waals surface area contributed by atoms with Crippen molar-refractivity contribution in [3.8, 4) is 0 Å². The number of carbonyl (C=O) groups excluding carboxylic acids is 1. The number of Topliss-reactive ketones (excluding diaryl/α,β-unsaturated/α-hetero) is 1. The quantitative estimate of drug-likeness (QED) is 0.710. The first-order chi connectivity index (χ1) is 7.78. The van der Waals surface area contributed by atoms with Gasteiger partial charge in [-0.2, -0.15) is 0 Å². The first-order valence-corrected chi connectivity index (χ1v) is 5.21. The predicted octanol–water partition coefficient (Wildman–Crippen LogP) is 0.855. The highest BCUT2D eigenvalue weighted by Crippen LogP contribution is 2.28. The molecule has 1 aromatic rings. The number of methoxy groups -OCH3 is 1. The van der Waals surface area contributed by atoms with Crippen molar-refractivity contribution in [3.63, 3.8) is 0 Å². The lowest BCUT2D eigenvalue weighted by atomic mass is 9.86. The fraction of sp³-hybridized carbons (Fsp3) is 0.545. The van der Waals surface area contributed by atoms with Crippen molar-refractivity contribution in [1.29, 1.82) is 0 Å². The van der Waals surface area contributed by atoms with Gasteiger partial charge in [0.05, 0.1) is 5.56 Å². The second-order valence-electron chi connectivity index (χ2n) is 3.77. The second-order valence-corrected chi connectivity index (χ2v) is 3.77. The van der Waals surface area contributed by atoms with Gasteiger partial charge in [0.1, 0.15) is 11.9 Å². The topological polar surface area (TPSA) is 61.3 Å². The summed E-state index contributed by atoms with van der Waals surface area (Å²) < 4.78 is 10.7. The van der Waals surface area contributed by atoms with E-state index in [1.165, 1.54) is 18.7 Å². The van der Waals surface area contributed by atoms with E-state index in [9.17, 15) is 4.79 Å². The van der Waals surface area contributed by atoms with Gasteiger partial charge in [-0.1, -0.05) is 0 Å². The molecule has 1 aromatic heterocycles. The van der Waals surface area contributed by atoms with E-state index in [0.29, 0.717) is 31.6 Å². The minimum Gasteiger partial charge on any atom is -0.381 e. The SMILES string of the molecule is COC1(C(=O)c2cncnc2)CCOCC1. The van der Waals surface area contributed by atoms with Gasteiger partial charge in [0.25, 0.3) is 0 Å². The molecule has 5 heteroatoms. The molecule has 1 saturated heterocycles. The van der Waals surface area contributed by atoms with Crippen LogP contribution in [-0.2, 0) is 9.47 Å². The van der Waals surface area contributed by atoms with E-state index in [4.69, 9.17) is 9.47 Å². The van der Waals surface area contributed by atoms with Gasteiger partial charge in [-0.3, -0.25) is 4.79 Å². The Kier molecular flexibility index (Phi) is 3.26. The molecule has 2 rings (SSSR count). The van der Waals surface area contributed by atoms with Crippen molar-refractivity contribution in [2.45, 2.75) is 18.4 Å². The molecule has 86 valence electrons. The van der Waals surface area contributed by atoms with Gasteiger partial charge in [0, 0.05) is 45.6 Å². The Balaban J connectivity index is 2.24. The summed E-state index contributed by atoms with van der Waals surface area (Å²) in [5.74, 6) is -0.0566. The Bertz CT molecular complexity index is 361. The van der Waals surface area contributed by atoms with Crippen LogP contribution in [0.15, 0.2) is 18.7 Å². The third-order valence-electron chi connectivity index (χ3n) is 2.93. The van der Waals surface area contributed by atoms with Gasteiger partial charge in [-0.05, 0) is 0 Å². The Morgan fingerprint density at radius 2 is 2.00 bits per heavy atom. The highest BCUT2D eigenvalue weighted by molar-refractivity contribution is 6.02.